The number of rotatable bonds is 0. The molecule has 1 aliphatic heterocycles. The Morgan fingerprint density at radius 1 is 0.864 bits per heavy atom. The zero-order valence-corrected chi connectivity index (χ0v) is 13.3. The van der Waals surface area contributed by atoms with Gasteiger partial charge in [-0.3, -0.25) is 4.99 Å². The van der Waals surface area contributed by atoms with Crippen molar-refractivity contribution in [3.63, 3.8) is 0 Å². The van der Waals surface area contributed by atoms with Gasteiger partial charge in [0, 0.05) is 23.6 Å². The molecule has 5 rings (SSSR count). The molecule has 1 heteroatoms. The summed E-state index contributed by atoms with van der Waals surface area (Å²) in [6, 6.07) is 0. The highest BCUT2D eigenvalue weighted by atomic mass is 14.7. The Hall–Kier alpha value is -1.89. The van der Waals surface area contributed by atoms with Gasteiger partial charge in [0.2, 0.25) is 0 Å². The van der Waals surface area contributed by atoms with Crippen LogP contribution >= 0.6 is 0 Å². The summed E-state index contributed by atoms with van der Waals surface area (Å²) >= 11 is 0. The number of aliphatic imine (C=N–C) groups is 1. The minimum absolute atomic E-state index is 0.0558. The molecule has 0 unspecified atom stereocenters. The van der Waals surface area contributed by atoms with E-state index >= 15 is 0 Å². The SMILES string of the molecule is C[C@@]12C3=CCC=C1C1=C(CCN=C1)C1=CCC=C(C=C3)[C@]12C. The van der Waals surface area contributed by atoms with Gasteiger partial charge in [-0.2, -0.15) is 0 Å². The molecule has 5 aliphatic rings. The highest BCUT2D eigenvalue weighted by Crippen LogP contribution is 2.68. The Morgan fingerprint density at radius 2 is 1.50 bits per heavy atom. The van der Waals surface area contributed by atoms with Crippen LogP contribution in [0.1, 0.15) is 33.1 Å². The van der Waals surface area contributed by atoms with Crippen LogP contribution in [0.5, 0.6) is 0 Å². The molecule has 2 atom stereocenters. The number of nitrogens with zero attached hydrogens (tertiary/aromatic N) is 1. The van der Waals surface area contributed by atoms with Crippen molar-refractivity contribution in [3.05, 3.63) is 69.9 Å². The van der Waals surface area contributed by atoms with E-state index in [2.05, 4.69) is 61.5 Å². The van der Waals surface area contributed by atoms with Crippen LogP contribution in [0.3, 0.4) is 0 Å². The topological polar surface area (TPSA) is 12.4 Å². The van der Waals surface area contributed by atoms with Gasteiger partial charge in [0.05, 0.1) is 0 Å². The molecule has 22 heavy (non-hydrogen) atoms. The van der Waals surface area contributed by atoms with Crippen LogP contribution in [-0.2, 0) is 0 Å². The normalized spacial score (nSPS) is 37.7. The lowest BCUT2D eigenvalue weighted by atomic mass is 9.43. The molecule has 0 N–H and O–H groups in total. The first-order chi connectivity index (χ1) is 10.7. The van der Waals surface area contributed by atoms with Crippen LogP contribution in [0.2, 0.25) is 0 Å². The average molecular weight is 287 g/mol. The summed E-state index contributed by atoms with van der Waals surface area (Å²) in [7, 11) is 0. The van der Waals surface area contributed by atoms with E-state index in [-0.39, 0.29) is 10.8 Å². The Bertz CT molecular complexity index is 809. The predicted molar refractivity (Wildman–Crippen MR) is 91.9 cm³/mol. The largest absolute Gasteiger partial charge is 0.292 e. The molecule has 0 aromatic carbocycles. The van der Waals surface area contributed by atoms with Crippen molar-refractivity contribution in [1.29, 1.82) is 0 Å². The Balaban J connectivity index is 1.92. The summed E-state index contributed by atoms with van der Waals surface area (Å²) < 4.78 is 0. The van der Waals surface area contributed by atoms with Gasteiger partial charge in [-0.25, -0.2) is 0 Å². The van der Waals surface area contributed by atoms with Crippen molar-refractivity contribution in [3.8, 4) is 0 Å². The molecule has 1 heterocycles. The van der Waals surface area contributed by atoms with Crippen molar-refractivity contribution in [2.45, 2.75) is 33.1 Å². The Morgan fingerprint density at radius 3 is 2.23 bits per heavy atom. The van der Waals surface area contributed by atoms with E-state index < -0.39 is 0 Å². The van der Waals surface area contributed by atoms with E-state index in [1.54, 1.807) is 11.1 Å². The highest BCUT2D eigenvalue weighted by Gasteiger charge is 2.58. The lowest BCUT2D eigenvalue weighted by Gasteiger charge is -2.59. The molecular formula is C21H21N. The van der Waals surface area contributed by atoms with Gasteiger partial charge in [-0.1, -0.05) is 50.3 Å². The summed E-state index contributed by atoms with van der Waals surface area (Å²) in [5.74, 6) is 0. The average Bonchev–Trinajstić information content (AvgIpc) is 2.54. The van der Waals surface area contributed by atoms with Crippen LogP contribution in [0.15, 0.2) is 74.9 Å². The van der Waals surface area contributed by atoms with Crippen molar-refractivity contribution in [2.24, 2.45) is 15.8 Å². The van der Waals surface area contributed by atoms with Crippen LogP contribution in [0.25, 0.3) is 0 Å². The molecule has 0 bridgehead atoms. The van der Waals surface area contributed by atoms with Crippen LogP contribution in [0.4, 0.5) is 0 Å². The minimum Gasteiger partial charge on any atom is -0.292 e. The summed E-state index contributed by atoms with van der Waals surface area (Å²) in [6.07, 6.45) is 19.8. The van der Waals surface area contributed by atoms with Crippen molar-refractivity contribution < 1.29 is 0 Å². The maximum absolute atomic E-state index is 4.60. The van der Waals surface area contributed by atoms with Gasteiger partial charge in [0.25, 0.3) is 0 Å². The monoisotopic (exact) mass is 287 g/mol. The molecule has 0 fully saturated rings. The standard InChI is InChI=1S/C21H21N/c1-20-14-5-3-7-18(20)16-11-12-22-13-17(16)19-8-4-6-15(10-9-14)21(19,20)2/h5-10,13H,3-4,11-12H2,1-2H3/t20-,21-/m1/s1. The quantitative estimate of drug-likeness (QED) is 0.603. The number of fused-ring (bicyclic) bond motifs is 2. The summed E-state index contributed by atoms with van der Waals surface area (Å²) in [5.41, 5.74) is 9.20. The third kappa shape index (κ3) is 1.18. The fraction of sp³-hybridized carbons (Fsp3) is 0.381. The molecule has 0 aromatic heterocycles. The van der Waals surface area contributed by atoms with Crippen molar-refractivity contribution in [2.75, 3.05) is 6.54 Å². The first-order valence-corrected chi connectivity index (χ1v) is 8.42. The van der Waals surface area contributed by atoms with Crippen LogP contribution < -0.4 is 0 Å². The highest BCUT2D eigenvalue weighted by molar-refractivity contribution is 5.92. The first-order valence-electron chi connectivity index (χ1n) is 8.42. The van der Waals surface area contributed by atoms with Crippen molar-refractivity contribution in [1.82, 2.24) is 0 Å². The molecule has 4 aliphatic carbocycles. The van der Waals surface area contributed by atoms with E-state index in [0.717, 1.165) is 25.8 Å². The van der Waals surface area contributed by atoms with E-state index in [9.17, 15) is 0 Å². The second-order valence-electron chi connectivity index (χ2n) is 7.29. The van der Waals surface area contributed by atoms with Gasteiger partial charge in [0.15, 0.2) is 0 Å². The minimum atomic E-state index is 0.0558. The first kappa shape index (κ1) is 12.6. The Labute approximate surface area is 132 Å². The van der Waals surface area contributed by atoms with E-state index in [4.69, 9.17) is 0 Å². The van der Waals surface area contributed by atoms with Gasteiger partial charge in [-0.15, -0.1) is 0 Å². The number of allylic oxidation sites excluding steroid dienone is 11. The lowest BCUT2D eigenvalue weighted by molar-refractivity contribution is 0.236. The molecule has 0 radical (unpaired) electrons. The maximum atomic E-state index is 4.60. The molecule has 0 saturated heterocycles. The molecule has 0 amide bonds. The van der Waals surface area contributed by atoms with Crippen molar-refractivity contribution >= 4 is 6.21 Å². The Kier molecular flexibility index (Phi) is 2.24. The fourth-order valence-corrected chi connectivity index (χ4v) is 5.36. The predicted octanol–water partition coefficient (Wildman–Crippen LogP) is 4.87. The summed E-state index contributed by atoms with van der Waals surface area (Å²) in [5, 5.41) is 0. The van der Waals surface area contributed by atoms with Gasteiger partial charge < -0.3 is 0 Å². The number of hydrogen-bond donors (Lipinski definition) is 0. The van der Waals surface area contributed by atoms with Gasteiger partial charge in [-0.05, 0) is 52.7 Å². The zero-order valence-electron chi connectivity index (χ0n) is 13.3. The van der Waals surface area contributed by atoms with Gasteiger partial charge in [0.1, 0.15) is 0 Å². The van der Waals surface area contributed by atoms with Gasteiger partial charge >= 0.3 is 0 Å². The van der Waals surface area contributed by atoms with E-state index in [1.807, 2.05) is 0 Å². The fourth-order valence-electron chi connectivity index (χ4n) is 5.36. The second-order valence-corrected chi connectivity index (χ2v) is 7.29. The molecule has 1 nitrogen and oxygen atoms in total. The molecule has 0 spiro atoms. The third-order valence-corrected chi connectivity index (χ3v) is 6.65. The summed E-state index contributed by atoms with van der Waals surface area (Å²) in [4.78, 5) is 4.60. The number of dihydropyridines is 1. The maximum Gasteiger partial charge on any atom is 0.0430 e. The lowest BCUT2D eigenvalue weighted by Crippen LogP contribution is -2.50. The van der Waals surface area contributed by atoms with E-state index in [1.165, 1.54) is 22.3 Å². The third-order valence-electron chi connectivity index (χ3n) is 6.65. The molecular weight excluding hydrogens is 266 g/mol. The second kappa shape index (κ2) is 3.90. The summed E-state index contributed by atoms with van der Waals surface area (Å²) in [6.45, 7) is 5.86. The van der Waals surface area contributed by atoms with Crippen LogP contribution in [0, 0.1) is 10.8 Å². The van der Waals surface area contributed by atoms with E-state index in [0.29, 0.717) is 0 Å². The molecule has 0 aromatic rings. The molecule has 110 valence electrons. The molecule has 0 saturated carbocycles. The zero-order chi connectivity index (χ0) is 14.9. The van der Waals surface area contributed by atoms with Crippen LogP contribution in [-0.4, -0.2) is 12.8 Å². The number of hydrogen-bond acceptors (Lipinski definition) is 1. The smallest absolute Gasteiger partial charge is 0.0430 e.